The standard InChI is InChI=1S/C13H24N4O2/c1-4-8-19-12-10-11(2)16-13(17-12)15-6-5-14-7-9-18-3/h10,14H,4-9H2,1-3H3,(H,15,16,17). The van der Waals surface area contributed by atoms with Gasteiger partial charge in [-0.1, -0.05) is 6.92 Å². The smallest absolute Gasteiger partial charge is 0.226 e. The van der Waals surface area contributed by atoms with Gasteiger partial charge in [0.25, 0.3) is 0 Å². The number of nitrogens with one attached hydrogen (secondary N) is 2. The van der Waals surface area contributed by atoms with E-state index < -0.39 is 0 Å². The third kappa shape index (κ3) is 6.93. The lowest BCUT2D eigenvalue weighted by Crippen LogP contribution is -2.26. The highest BCUT2D eigenvalue weighted by Crippen LogP contribution is 2.11. The average Bonchev–Trinajstić information content (AvgIpc) is 2.40. The first-order valence-electron chi connectivity index (χ1n) is 6.68. The maximum Gasteiger partial charge on any atom is 0.226 e. The summed E-state index contributed by atoms with van der Waals surface area (Å²) in [6.07, 6.45) is 0.967. The van der Waals surface area contributed by atoms with Crippen LogP contribution < -0.4 is 15.4 Å². The number of hydrogen-bond acceptors (Lipinski definition) is 6. The van der Waals surface area contributed by atoms with Crippen molar-refractivity contribution < 1.29 is 9.47 Å². The highest BCUT2D eigenvalue weighted by Gasteiger charge is 2.02. The summed E-state index contributed by atoms with van der Waals surface area (Å²) in [5.41, 5.74) is 0.899. The molecule has 1 rings (SSSR count). The van der Waals surface area contributed by atoms with Gasteiger partial charge in [-0.25, -0.2) is 4.98 Å². The van der Waals surface area contributed by atoms with Crippen LogP contribution in [0.4, 0.5) is 5.95 Å². The van der Waals surface area contributed by atoms with E-state index in [0.717, 1.165) is 38.4 Å². The fourth-order valence-electron chi connectivity index (χ4n) is 1.46. The number of ether oxygens (including phenoxy) is 2. The second-order valence-electron chi connectivity index (χ2n) is 4.19. The number of aryl methyl sites for hydroxylation is 1. The SMILES string of the molecule is CCCOc1cc(C)nc(NCCNCCOC)n1. The molecule has 0 aliphatic rings. The minimum absolute atomic E-state index is 0.611. The molecule has 0 aromatic carbocycles. The van der Waals surface area contributed by atoms with E-state index in [2.05, 4.69) is 27.5 Å². The first kappa shape index (κ1) is 15.7. The zero-order valence-corrected chi connectivity index (χ0v) is 12.0. The predicted octanol–water partition coefficient (Wildman–Crippen LogP) is 1.22. The zero-order chi connectivity index (χ0) is 13.9. The Balaban J connectivity index is 2.34. The number of methoxy groups -OCH3 is 1. The fraction of sp³-hybridized carbons (Fsp3) is 0.692. The van der Waals surface area contributed by atoms with Gasteiger partial charge in [0.15, 0.2) is 0 Å². The van der Waals surface area contributed by atoms with Crippen molar-refractivity contribution in [3.63, 3.8) is 0 Å². The summed E-state index contributed by atoms with van der Waals surface area (Å²) in [7, 11) is 1.69. The van der Waals surface area contributed by atoms with Gasteiger partial charge in [-0.3, -0.25) is 0 Å². The molecule has 0 unspecified atom stereocenters. The topological polar surface area (TPSA) is 68.3 Å². The monoisotopic (exact) mass is 268 g/mol. The van der Waals surface area contributed by atoms with E-state index in [0.29, 0.717) is 18.4 Å². The Labute approximate surface area is 114 Å². The van der Waals surface area contributed by atoms with Crippen molar-refractivity contribution in [1.82, 2.24) is 15.3 Å². The van der Waals surface area contributed by atoms with Crippen molar-refractivity contribution >= 4 is 5.95 Å². The van der Waals surface area contributed by atoms with Crippen LogP contribution in [0.5, 0.6) is 5.88 Å². The lowest BCUT2D eigenvalue weighted by Gasteiger charge is -2.09. The Morgan fingerprint density at radius 2 is 2.00 bits per heavy atom. The molecule has 0 saturated heterocycles. The summed E-state index contributed by atoms with van der Waals surface area (Å²) in [5.74, 6) is 1.24. The van der Waals surface area contributed by atoms with Crippen LogP contribution in [0.2, 0.25) is 0 Å². The van der Waals surface area contributed by atoms with Crippen molar-refractivity contribution in [2.45, 2.75) is 20.3 Å². The minimum atomic E-state index is 0.611. The van der Waals surface area contributed by atoms with Crippen LogP contribution in [-0.4, -0.2) is 49.9 Å². The van der Waals surface area contributed by atoms with Crippen LogP contribution in [0, 0.1) is 6.92 Å². The van der Waals surface area contributed by atoms with E-state index in [-0.39, 0.29) is 0 Å². The molecule has 1 heterocycles. The van der Waals surface area contributed by atoms with Gasteiger partial charge in [-0.2, -0.15) is 4.98 Å². The third-order valence-corrected chi connectivity index (χ3v) is 2.35. The number of nitrogens with zero attached hydrogens (tertiary/aromatic N) is 2. The van der Waals surface area contributed by atoms with Crippen LogP contribution in [0.1, 0.15) is 19.0 Å². The molecule has 0 aliphatic heterocycles. The molecule has 108 valence electrons. The quantitative estimate of drug-likeness (QED) is 0.622. The lowest BCUT2D eigenvalue weighted by molar-refractivity contribution is 0.200. The van der Waals surface area contributed by atoms with E-state index in [1.54, 1.807) is 7.11 Å². The zero-order valence-electron chi connectivity index (χ0n) is 12.0. The maximum absolute atomic E-state index is 5.51. The van der Waals surface area contributed by atoms with Crippen LogP contribution in [0.15, 0.2) is 6.07 Å². The molecule has 0 amide bonds. The van der Waals surface area contributed by atoms with Crippen LogP contribution in [0.3, 0.4) is 0 Å². The highest BCUT2D eigenvalue weighted by atomic mass is 16.5. The molecule has 0 bridgehead atoms. The molecule has 0 fully saturated rings. The van der Waals surface area contributed by atoms with Gasteiger partial charge in [-0.05, 0) is 13.3 Å². The molecule has 19 heavy (non-hydrogen) atoms. The molecule has 6 nitrogen and oxygen atoms in total. The highest BCUT2D eigenvalue weighted by molar-refractivity contribution is 5.30. The summed E-state index contributed by atoms with van der Waals surface area (Å²) < 4.78 is 10.5. The second-order valence-corrected chi connectivity index (χ2v) is 4.19. The van der Waals surface area contributed by atoms with Gasteiger partial charge in [-0.15, -0.1) is 0 Å². The predicted molar refractivity (Wildman–Crippen MR) is 75.8 cm³/mol. The minimum Gasteiger partial charge on any atom is -0.478 e. The van der Waals surface area contributed by atoms with Crippen molar-refractivity contribution in [3.8, 4) is 5.88 Å². The Morgan fingerprint density at radius 3 is 2.74 bits per heavy atom. The number of anilines is 1. The molecule has 0 radical (unpaired) electrons. The van der Waals surface area contributed by atoms with Gasteiger partial charge >= 0.3 is 0 Å². The molecular formula is C13H24N4O2. The number of hydrogen-bond donors (Lipinski definition) is 2. The van der Waals surface area contributed by atoms with Gasteiger partial charge in [0.1, 0.15) is 0 Å². The average molecular weight is 268 g/mol. The second kappa shape index (κ2) is 9.52. The molecule has 0 aliphatic carbocycles. The van der Waals surface area contributed by atoms with Crippen molar-refractivity contribution in [2.24, 2.45) is 0 Å². The van der Waals surface area contributed by atoms with E-state index in [4.69, 9.17) is 9.47 Å². The summed E-state index contributed by atoms with van der Waals surface area (Å²) in [4.78, 5) is 8.63. The Bertz CT molecular complexity index is 360. The van der Waals surface area contributed by atoms with E-state index in [1.165, 1.54) is 0 Å². The van der Waals surface area contributed by atoms with E-state index >= 15 is 0 Å². The number of aromatic nitrogens is 2. The molecule has 1 aromatic heterocycles. The number of rotatable bonds is 10. The largest absolute Gasteiger partial charge is 0.478 e. The normalized spacial score (nSPS) is 10.5. The maximum atomic E-state index is 5.51. The van der Waals surface area contributed by atoms with Crippen LogP contribution in [-0.2, 0) is 4.74 Å². The summed E-state index contributed by atoms with van der Waals surface area (Å²) in [5, 5.41) is 6.42. The van der Waals surface area contributed by atoms with Crippen molar-refractivity contribution in [2.75, 3.05) is 45.3 Å². The van der Waals surface area contributed by atoms with Gasteiger partial charge in [0, 0.05) is 38.5 Å². The Hall–Kier alpha value is -1.40. The summed E-state index contributed by atoms with van der Waals surface area (Å²) in [6, 6.07) is 1.84. The van der Waals surface area contributed by atoms with Crippen LogP contribution in [0.25, 0.3) is 0 Å². The lowest BCUT2D eigenvalue weighted by atomic mass is 10.4. The van der Waals surface area contributed by atoms with Gasteiger partial charge in [0.05, 0.1) is 13.2 Å². The first-order valence-corrected chi connectivity index (χ1v) is 6.68. The van der Waals surface area contributed by atoms with Crippen molar-refractivity contribution in [3.05, 3.63) is 11.8 Å². The first-order chi connectivity index (χ1) is 9.26. The van der Waals surface area contributed by atoms with Crippen LogP contribution >= 0.6 is 0 Å². The third-order valence-electron chi connectivity index (χ3n) is 2.35. The molecule has 0 saturated carbocycles. The molecule has 6 heteroatoms. The van der Waals surface area contributed by atoms with Crippen molar-refractivity contribution in [1.29, 1.82) is 0 Å². The molecule has 2 N–H and O–H groups in total. The summed E-state index contributed by atoms with van der Waals surface area (Å²) >= 11 is 0. The fourth-order valence-corrected chi connectivity index (χ4v) is 1.46. The summed E-state index contributed by atoms with van der Waals surface area (Å²) in [6.45, 7) is 7.84. The van der Waals surface area contributed by atoms with Gasteiger partial charge < -0.3 is 20.1 Å². The molecule has 1 aromatic rings. The van der Waals surface area contributed by atoms with E-state index in [9.17, 15) is 0 Å². The molecular weight excluding hydrogens is 244 g/mol. The Kier molecular flexibility index (Phi) is 7.84. The molecule has 0 spiro atoms. The van der Waals surface area contributed by atoms with E-state index in [1.807, 2.05) is 13.0 Å². The Morgan fingerprint density at radius 1 is 1.16 bits per heavy atom. The molecule has 0 atom stereocenters. The van der Waals surface area contributed by atoms with Gasteiger partial charge in [0.2, 0.25) is 11.8 Å².